The summed E-state index contributed by atoms with van der Waals surface area (Å²) >= 11 is 0. The first kappa shape index (κ1) is 16.3. The molecule has 1 heterocycles. The van der Waals surface area contributed by atoms with Crippen LogP contribution in [0.15, 0.2) is 36.4 Å². The minimum absolute atomic E-state index is 0.00948. The molecule has 2 aromatic carbocycles. The largest absolute Gasteiger partial charge is 0.493 e. The summed E-state index contributed by atoms with van der Waals surface area (Å²) in [6.45, 7) is 2.17. The monoisotopic (exact) mass is 329 g/mol. The van der Waals surface area contributed by atoms with E-state index in [-0.39, 0.29) is 17.8 Å². The van der Waals surface area contributed by atoms with Crippen LogP contribution in [0.2, 0.25) is 0 Å². The molecule has 0 N–H and O–H groups in total. The van der Waals surface area contributed by atoms with Crippen LogP contribution in [0.5, 0.6) is 11.5 Å². The number of carbonyl (C=O) groups excluding carboxylic acids is 1. The number of carbonyl (C=O) groups is 1. The second-order valence-corrected chi connectivity index (χ2v) is 5.82. The SMILES string of the molecule is COc1cc2c(cc1OC)[C@H](c1ccc(F)cc1)N(C(C)=O)CC2. The van der Waals surface area contributed by atoms with Crippen LogP contribution in [0.1, 0.15) is 29.7 Å². The molecule has 3 rings (SSSR count). The van der Waals surface area contributed by atoms with Gasteiger partial charge in [0.1, 0.15) is 5.82 Å². The van der Waals surface area contributed by atoms with E-state index in [1.807, 2.05) is 17.0 Å². The van der Waals surface area contributed by atoms with E-state index in [2.05, 4.69) is 0 Å². The quantitative estimate of drug-likeness (QED) is 0.867. The van der Waals surface area contributed by atoms with E-state index in [9.17, 15) is 9.18 Å². The summed E-state index contributed by atoms with van der Waals surface area (Å²) in [4.78, 5) is 13.9. The maximum absolute atomic E-state index is 13.3. The highest BCUT2D eigenvalue weighted by molar-refractivity contribution is 5.75. The molecule has 126 valence electrons. The number of ether oxygens (including phenoxy) is 2. The number of halogens is 1. The van der Waals surface area contributed by atoms with E-state index in [0.717, 1.165) is 23.1 Å². The van der Waals surface area contributed by atoms with Gasteiger partial charge in [-0.2, -0.15) is 0 Å². The van der Waals surface area contributed by atoms with Gasteiger partial charge in [-0.25, -0.2) is 4.39 Å². The summed E-state index contributed by atoms with van der Waals surface area (Å²) in [7, 11) is 3.19. The standard InChI is InChI=1S/C19H20FNO3/c1-12(22)21-9-8-14-10-17(23-2)18(24-3)11-16(14)19(21)13-4-6-15(20)7-5-13/h4-7,10-11,19H,8-9H2,1-3H3/t19-/m0/s1. The minimum Gasteiger partial charge on any atom is -0.493 e. The van der Waals surface area contributed by atoms with Crippen molar-refractivity contribution < 1.29 is 18.7 Å². The van der Waals surface area contributed by atoms with Crippen molar-refractivity contribution in [1.82, 2.24) is 4.90 Å². The Morgan fingerprint density at radius 3 is 2.33 bits per heavy atom. The third-order valence-corrected chi connectivity index (χ3v) is 4.46. The predicted molar refractivity (Wildman–Crippen MR) is 88.9 cm³/mol. The fourth-order valence-electron chi connectivity index (χ4n) is 3.29. The maximum Gasteiger partial charge on any atom is 0.220 e. The Morgan fingerprint density at radius 1 is 1.12 bits per heavy atom. The van der Waals surface area contributed by atoms with E-state index in [1.165, 1.54) is 12.1 Å². The van der Waals surface area contributed by atoms with Gasteiger partial charge in [0, 0.05) is 13.5 Å². The first-order chi connectivity index (χ1) is 11.5. The Morgan fingerprint density at radius 2 is 1.75 bits per heavy atom. The van der Waals surface area contributed by atoms with Crippen molar-refractivity contribution in [2.45, 2.75) is 19.4 Å². The Balaban J connectivity index is 2.16. The highest BCUT2D eigenvalue weighted by Gasteiger charge is 2.31. The van der Waals surface area contributed by atoms with Crippen molar-refractivity contribution in [3.05, 3.63) is 58.9 Å². The molecule has 4 nitrogen and oxygen atoms in total. The van der Waals surface area contributed by atoms with Crippen molar-refractivity contribution in [2.75, 3.05) is 20.8 Å². The summed E-state index contributed by atoms with van der Waals surface area (Å²) in [5.74, 6) is 0.986. The molecule has 1 aliphatic rings. The third kappa shape index (κ3) is 2.82. The van der Waals surface area contributed by atoms with Gasteiger partial charge in [-0.1, -0.05) is 12.1 Å². The molecule has 0 fully saturated rings. The molecule has 5 heteroatoms. The zero-order chi connectivity index (χ0) is 17.3. The van der Waals surface area contributed by atoms with Gasteiger partial charge in [0.15, 0.2) is 11.5 Å². The Kier molecular flexibility index (Phi) is 4.42. The zero-order valence-electron chi connectivity index (χ0n) is 14.0. The number of amides is 1. The van der Waals surface area contributed by atoms with Gasteiger partial charge in [-0.05, 0) is 47.4 Å². The molecule has 0 aliphatic carbocycles. The van der Waals surface area contributed by atoms with Gasteiger partial charge in [0.25, 0.3) is 0 Å². The number of methoxy groups -OCH3 is 2. The molecular formula is C19H20FNO3. The van der Waals surface area contributed by atoms with Crippen LogP contribution >= 0.6 is 0 Å². The lowest BCUT2D eigenvalue weighted by atomic mass is 9.87. The number of hydrogen-bond donors (Lipinski definition) is 0. The number of benzene rings is 2. The van der Waals surface area contributed by atoms with Crippen molar-refractivity contribution >= 4 is 5.91 Å². The van der Waals surface area contributed by atoms with Crippen LogP contribution in [0.4, 0.5) is 4.39 Å². The van der Waals surface area contributed by atoms with Gasteiger partial charge in [-0.15, -0.1) is 0 Å². The van der Waals surface area contributed by atoms with Crippen LogP contribution in [-0.2, 0) is 11.2 Å². The average Bonchev–Trinajstić information content (AvgIpc) is 2.60. The normalized spacial score (nSPS) is 16.5. The molecule has 1 aliphatic heterocycles. The summed E-state index contributed by atoms with van der Waals surface area (Å²) in [6, 6.07) is 9.90. The molecule has 0 saturated heterocycles. The van der Waals surface area contributed by atoms with E-state index in [1.54, 1.807) is 33.3 Å². The molecule has 0 unspecified atom stereocenters. The average molecular weight is 329 g/mol. The topological polar surface area (TPSA) is 38.8 Å². The lowest BCUT2D eigenvalue weighted by molar-refractivity contribution is -0.130. The summed E-state index contributed by atoms with van der Waals surface area (Å²) in [5, 5.41) is 0. The van der Waals surface area contributed by atoms with E-state index < -0.39 is 0 Å². The van der Waals surface area contributed by atoms with E-state index in [0.29, 0.717) is 18.0 Å². The predicted octanol–water partition coefficient (Wildman–Crippen LogP) is 3.34. The van der Waals surface area contributed by atoms with Gasteiger partial charge in [-0.3, -0.25) is 4.79 Å². The van der Waals surface area contributed by atoms with Crippen LogP contribution in [0, 0.1) is 5.82 Å². The number of fused-ring (bicyclic) bond motifs is 1. The van der Waals surface area contributed by atoms with E-state index in [4.69, 9.17) is 9.47 Å². The summed E-state index contributed by atoms with van der Waals surface area (Å²) in [6.07, 6.45) is 0.743. The second-order valence-electron chi connectivity index (χ2n) is 5.82. The van der Waals surface area contributed by atoms with Crippen LogP contribution in [0.25, 0.3) is 0 Å². The molecule has 0 aromatic heterocycles. The molecule has 1 atom stereocenters. The fraction of sp³-hybridized carbons (Fsp3) is 0.316. The van der Waals surface area contributed by atoms with Gasteiger partial charge in [0.2, 0.25) is 5.91 Å². The van der Waals surface area contributed by atoms with Crippen LogP contribution in [-0.4, -0.2) is 31.6 Å². The van der Waals surface area contributed by atoms with Gasteiger partial charge < -0.3 is 14.4 Å². The minimum atomic E-state index is -0.295. The molecule has 0 saturated carbocycles. The molecule has 24 heavy (non-hydrogen) atoms. The molecule has 2 aromatic rings. The molecule has 0 radical (unpaired) electrons. The molecule has 0 bridgehead atoms. The first-order valence-electron chi connectivity index (χ1n) is 7.82. The second kappa shape index (κ2) is 6.51. The first-order valence-corrected chi connectivity index (χ1v) is 7.82. The Hall–Kier alpha value is -2.56. The van der Waals surface area contributed by atoms with Crippen LogP contribution in [0.3, 0.4) is 0 Å². The Bertz CT molecular complexity index is 758. The lowest BCUT2D eigenvalue weighted by Gasteiger charge is -2.37. The van der Waals surface area contributed by atoms with Crippen molar-refractivity contribution in [2.24, 2.45) is 0 Å². The van der Waals surface area contributed by atoms with Crippen molar-refractivity contribution in [1.29, 1.82) is 0 Å². The number of hydrogen-bond acceptors (Lipinski definition) is 3. The number of nitrogens with zero attached hydrogens (tertiary/aromatic N) is 1. The maximum atomic E-state index is 13.3. The molecular weight excluding hydrogens is 309 g/mol. The van der Waals surface area contributed by atoms with Crippen LogP contribution < -0.4 is 9.47 Å². The van der Waals surface area contributed by atoms with Crippen molar-refractivity contribution in [3.63, 3.8) is 0 Å². The van der Waals surface area contributed by atoms with Gasteiger partial charge >= 0.3 is 0 Å². The Labute approximate surface area is 140 Å². The zero-order valence-corrected chi connectivity index (χ0v) is 14.0. The summed E-state index contributed by atoms with van der Waals surface area (Å²) in [5.41, 5.74) is 2.97. The number of rotatable bonds is 3. The third-order valence-electron chi connectivity index (χ3n) is 4.46. The van der Waals surface area contributed by atoms with Crippen molar-refractivity contribution in [3.8, 4) is 11.5 Å². The fourth-order valence-corrected chi connectivity index (χ4v) is 3.29. The molecule has 0 spiro atoms. The highest BCUT2D eigenvalue weighted by atomic mass is 19.1. The highest BCUT2D eigenvalue weighted by Crippen LogP contribution is 2.40. The smallest absolute Gasteiger partial charge is 0.220 e. The van der Waals surface area contributed by atoms with Gasteiger partial charge in [0.05, 0.1) is 20.3 Å². The summed E-state index contributed by atoms with van der Waals surface area (Å²) < 4.78 is 24.1. The lowest BCUT2D eigenvalue weighted by Crippen LogP contribution is -2.39. The van der Waals surface area contributed by atoms with E-state index >= 15 is 0 Å². The molecule has 1 amide bonds.